The van der Waals surface area contributed by atoms with Crippen LogP contribution in [0, 0.1) is 11.3 Å². The van der Waals surface area contributed by atoms with Gasteiger partial charge in [-0.05, 0) is 57.1 Å². The zero-order chi connectivity index (χ0) is 15.8. The van der Waals surface area contributed by atoms with E-state index in [0.29, 0.717) is 11.5 Å². The third-order valence-electron chi connectivity index (χ3n) is 5.06. The number of benzene rings is 1. The Labute approximate surface area is 128 Å². The van der Waals surface area contributed by atoms with Crippen LogP contribution in [0.25, 0.3) is 0 Å². The molecule has 1 aromatic carbocycles. The minimum absolute atomic E-state index is 0.208. The van der Waals surface area contributed by atoms with Crippen LogP contribution in [0.5, 0.6) is 0 Å². The fourth-order valence-corrected chi connectivity index (χ4v) is 2.50. The normalized spacial score (nSPS) is 22.6. The second kappa shape index (κ2) is 5.48. The standard InChI is InChI=1S/C17H24BNO2/c1-12(15-9-7-14(11-19)8-10-15)13(2)18-20-16(3,4)17(5,6)21-18/h7-10,12-13H,1-6H3/t12-,13?/m0/s1. The molecule has 1 aromatic rings. The minimum Gasteiger partial charge on any atom is -0.403 e. The third-order valence-corrected chi connectivity index (χ3v) is 5.06. The van der Waals surface area contributed by atoms with Gasteiger partial charge in [0.2, 0.25) is 0 Å². The molecule has 0 aromatic heterocycles. The van der Waals surface area contributed by atoms with Crippen molar-refractivity contribution in [3.05, 3.63) is 35.4 Å². The van der Waals surface area contributed by atoms with Gasteiger partial charge >= 0.3 is 7.12 Å². The van der Waals surface area contributed by atoms with E-state index in [1.54, 1.807) is 0 Å². The lowest BCUT2D eigenvalue weighted by Gasteiger charge is -2.32. The average molecular weight is 285 g/mol. The van der Waals surface area contributed by atoms with Crippen molar-refractivity contribution < 1.29 is 9.31 Å². The van der Waals surface area contributed by atoms with Gasteiger partial charge < -0.3 is 9.31 Å². The van der Waals surface area contributed by atoms with Gasteiger partial charge in [-0.1, -0.05) is 26.0 Å². The first-order chi connectivity index (χ1) is 9.68. The summed E-state index contributed by atoms with van der Waals surface area (Å²) in [6, 6.07) is 9.91. The Morgan fingerprint density at radius 1 is 1.00 bits per heavy atom. The summed E-state index contributed by atoms with van der Waals surface area (Å²) in [5.74, 6) is 0.534. The van der Waals surface area contributed by atoms with Gasteiger partial charge in [0, 0.05) is 0 Å². The van der Waals surface area contributed by atoms with Crippen LogP contribution in [0.4, 0.5) is 0 Å². The molecule has 4 heteroatoms. The van der Waals surface area contributed by atoms with Crippen LogP contribution in [0.2, 0.25) is 5.82 Å². The molecule has 1 fully saturated rings. The van der Waals surface area contributed by atoms with E-state index >= 15 is 0 Å². The molecule has 0 bridgehead atoms. The van der Waals surface area contributed by atoms with E-state index in [9.17, 15) is 0 Å². The van der Waals surface area contributed by atoms with Gasteiger partial charge in [-0.2, -0.15) is 5.26 Å². The van der Waals surface area contributed by atoms with E-state index in [2.05, 4.69) is 47.6 Å². The molecule has 0 amide bonds. The van der Waals surface area contributed by atoms with E-state index in [0.717, 1.165) is 0 Å². The number of rotatable bonds is 3. The van der Waals surface area contributed by atoms with Crippen LogP contribution in [0.3, 0.4) is 0 Å². The zero-order valence-corrected chi connectivity index (χ0v) is 13.8. The van der Waals surface area contributed by atoms with Gasteiger partial charge in [0.1, 0.15) is 0 Å². The van der Waals surface area contributed by atoms with E-state index in [4.69, 9.17) is 14.6 Å². The molecular formula is C17H24BNO2. The fraction of sp³-hybridized carbons (Fsp3) is 0.588. The van der Waals surface area contributed by atoms with Crippen LogP contribution >= 0.6 is 0 Å². The van der Waals surface area contributed by atoms with Gasteiger partial charge in [0.25, 0.3) is 0 Å². The highest BCUT2D eigenvalue weighted by Gasteiger charge is 2.53. The van der Waals surface area contributed by atoms with Crippen LogP contribution < -0.4 is 0 Å². The predicted molar refractivity (Wildman–Crippen MR) is 85.1 cm³/mol. The lowest BCUT2D eigenvalue weighted by molar-refractivity contribution is 0.00578. The minimum atomic E-state index is -0.295. The Kier molecular flexibility index (Phi) is 4.19. The smallest absolute Gasteiger partial charge is 0.403 e. The molecule has 112 valence electrons. The summed E-state index contributed by atoms with van der Waals surface area (Å²) in [6.07, 6.45) is 0. The van der Waals surface area contributed by atoms with Crippen LogP contribution in [-0.2, 0) is 9.31 Å². The van der Waals surface area contributed by atoms with Gasteiger partial charge in [0.15, 0.2) is 0 Å². The maximum Gasteiger partial charge on any atom is 0.461 e. The van der Waals surface area contributed by atoms with Crippen molar-refractivity contribution in [3.63, 3.8) is 0 Å². The largest absolute Gasteiger partial charge is 0.461 e. The monoisotopic (exact) mass is 285 g/mol. The maximum absolute atomic E-state index is 8.87. The summed E-state index contributed by atoms with van der Waals surface area (Å²) >= 11 is 0. The van der Waals surface area contributed by atoms with E-state index < -0.39 is 0 Å². The maximum atomic E-state index is 8.87. The Balaban J connectivity index is 2.13. The summed E-state index contributed by atoms with van der Waals surface area (Å²) in [6.45, 7) is 12.6. The Morgan fingerprint density at radius 2 is 1.48 bits per heavy atom. The van der Waals surface area contributed by atoms with E-state index in [-0.39, 0.29) is 24.1 Å². The van der Waals surface area contributed by atoms with E-state index in [1.165, 1.54) is 5.56 Å². The highest BCUT2D eigenvalue weighted by Crippen LogP contribution is 2.43. The molecule has 0 N–H and O–H groups in total. The molecule has 1 aliphatic heterocycles. The molecule has 1 saturated heterocycles. The third kappa shape index (κ3) is 3.00. The van der Waals surface area contributed by atoms with Gasteiger partial charge in [-0.3, -0.25) is 0 Å². The van der Waals surface area contributed by atoms with Crippen LogP contribution in [0.1, 0.15) is 58.6 Å². The molecule has 2 rings (SSSR count). The average Bonchev–Trinajstić information content (AvgIpc) is 2.66. The molecule has 0 aliphatic carbocycles. The molecule has 0 radical (unpaired) electrons. The van der Waals surface area contributed by atoms with Crippen LogP contribution in [0.15, 0.2) is 24.3 Å². The van der Waals surface area contributed by atoms with Crippen molar-refractivity contribution >= 4 is 7.12 Å². The topological polar surface area (TPSA) is 42.2 Å². The zero-order valence-electron chi connectivity index (χ0n) is 13.8. The fourth-order valence-electron chi connectivity index (χ4n) is 2.50. The Morgan fingerprint density at radius 3 is 1.90 bits per heavy atom. The molecule has 1 heterocycles. The Bertz CT molecular complexity index is 529. The highest BCUT2D eigenvalue weighted by atomic mass is 16.7. The lowest BCUT2D eigenvalue weighted by atomic mass is 9.65. The van der Waals surface area contributed by atoms with Crippen molar-refractivity contribution in [2.75, 3.05) is 0 Å². The molecule has 0 spiro atoms. The van der Waals surface area contributed by atoms with Gasteiger partial charge in [-0.15, -0.1) is 0 Å². The molecule has 1 unspecified atom stereocenters. The first-order valence-electron chi connectivity index (χ1n) is 7.53. The summed E-state index contributed by atoms with van der Waals surface area (Å²) in [5, 5.41) is 8.87. The highest BCUT2D eigenvalue weighted by molar-refractivity contribution is 6.47. The summed E-state index contributed by atoms with van der Waals surface area (Å²) < 4.78 is 12.3. The number of hydrogen-bond donors (Lipinski definition) is 0. The lowest BCUT2D eigenvalue weighted by Crippen LogP contribution is -2.41. The number of hydrogen-bond acceptors (Lipinski definition) is 3. The van der Waals surface area contributed by atoms with Crippen molar-refractivity contribution in [2.24, 2.45) is 0 Å². The molecule has 21 heavy (non-hydrogen) atoms. The number of nitrogens with zero attached hydrogens (tertiary/aromatic N) is 1. The van der Waals surface area contributed by atoms with Gasteiger partial charge in [0.05, 0.1) is 22.8 Å². The molecule has 1 aliphatic rings. The van der Waals surface area contributed by atoms with Crippen molar-refractivity contribution in [1.29, 1.82) is 5.26 Å². The van der Waals surface area contributed by atoms with Crippen molar-refractivity contribution in [1.82, 2.24) is 0 Å². The second-order valence-electron chi connectivity index (χ2n) is 7.01. The summed E-state index contributed by atoms with van der Waals surface area (Å²) in [7, 11) is -0.208. The van der Waals surface area contributed by atoms with Crippen molar-refractivity contribution in [3.8, 4) is 6.07 Å². The second-order valence-corrected chi connectivity index (χ2v) is 7.01. The first-order valence-corrected chi connectivity index (χ1v) is 7.53. The molecule has 0 saturated carbocycles. The SMILES string of the molecule is CC(B1OC(C)(C)C(C)(C)O1)[C@H](C)c1ccc(C#N)cc1. The van der Waals surface area contributed by atoms with E-state index in [1.807, 2.05) is 24.3 Å². The Hall–Kier alpha value is -1.31. The molecule has 2 atom stereocenters. The molecular weight excluding hydrogens is 261 g/mol. The summed E-state index contributed by atoms with van der Waals surface area (Å²) in [5.41, 5.74) is 1.30. The van der Waals surface area contributed by atoms with Gasteiger partial charge in [-0.25, -0.2) is 0 Å². The molecule has 3 nitrogen and oxygen atoms in total. The number of nitriles is 1. The first kappa shape index (κ1) is 16.1. The van der Waals surface area contributed by atoms with Crippen molar-refractivity contribution in [2.45, 2.75) is 64.5 Å². The van der Waals surface area contributed by atoms with Crippen LogP contribution in [-0.4, -0.2) is 18.3 Å². The summed E-state index contributed by atoms with van der Waals surface area (Å²) in [4.78, 5) is 0. The quantitative estimate of drug-likeness (QED) is 0.784. The predicted octanol–water partition coefficient (Wildman–Crippen LogP) is 4.14.